The molecule has 5 nitrogen and oxygen atoms in total. The number of nitrogens with one attached hydrogen (secondary N) is 2. The second kappa shape index (κ2) is 5.38. The predicted molar refractivity (Wildman–Crippen MR) is 64.8 cm³/mol. The first-order valence-electron chi connectivity index (χ1n) is 6.15. The Bertz CT molecular complexity index is 302. The highest BCUT2D eigenvalue weighted by atomic mass is 16.4. The quantitative estimate of drug-likeness (QED) is 0.702. The van der Waals surface area contributed by atoms with Gasteiger partial charge in [0.1, 0.15) is 0 Å². The van der Waals surface area contributed by atoms with Crippen LogP contribution >= 0.6 is 0 Å². The average molecular weight is 242 g/mol. The normalized spacial score (nSPS) is 24.4. The largest absolute Gasteiger partial charge is 0.481 e. The summed E-state index contributed by atoms with van der Waals surface area (Å²) in [4.78, 5) is 22.5. The van der Waals surface area contributed by atoms with Gasteiger partial charge in [0.05, 0.1) is 5.92 Å². The van der Waals surface area contributed by atoms with E-state index in [1.54, 1.807) is 0 Å². The monoisotopic (exact) mass is 242 g/mol. The van der Waals surface area contributed by atoms with E-state index < -0.39 is 5.97 Å². The summed E-state index contributed by atoms with van der Waals surface area (Å²) >= 11 is 0. The van der Waals surface area contributed by atoms with Crippen molar-refractivity contribution in [1.29, 1.82) is 0 Å². The van der Waals surface area contributed by atoms with Crippen molar-refractivity contribution in [3.05, 3.63) is 0 Å². The molecule has 1 aliphatic carbocycles. The molecule has 0 spiro atoms. The van der Waals surface area contributed by atoms with Crippen LogP contribution in [0, 0.1) is 5.92 Å². The maximum absolute atomic E-state index is 11.7. The molecule has 0 radical (unpaired) electrons. The molecule has 1 rings (SSSR count). The van der Waals surface area contributed by atoms with Gasteiger partial charge in [-0.05, 0) is 39.5 Å². The molecule has 0 bridgehead atoms. The van der Waals surface area contributed by atoms with Gasteiger partial charge in [-0.1, -0.05) is 6.92 Å². The van der Waals surface area contributed by atoms with Crippen molar-refractivity contribution in [2.45, 2.75) is 58.0 Å². The summed E-state index contributed by atoms with van der Waals surface area (Å²) < 4.78 is 0. The fourth-order valence-corrected chi connectivity index (χ4v) is 1.95. The summed E-state index contributed by atoms with van der Waals surface area (Å²) in [6.45, 7) is 5.93. The molecule has 1 saturated carbocycles. The van der Waals surface area contributed by atoms with Gasteiger partial charge < -0.3 is 15.7 Å². The third-order valence-electron chi connectivity index (χ3n) is 3.45. The van der Waals surface area contributed by atoms with Crippen LogP contribution in [-0.2, 0) is 4.79 Å². The van der Waals surface area contributed by atoms with Crippen LogP contribution in [0.4, 0.5) is 4.79 Å². The van der Waals surface area contributed by atoms with E-state index in [-0.39, 0.29) is 23.5 Å². The molecule has 0 saturated heterocycles. The van der Waals surface area contributed by atoms with E-state index in [2.05, 4.69) is 10.6 Å². The van der Waals surface area contributed by atoms with Crippen LogP contribution < -0.4 is 10.6 Å². The van der Waals surface area contributed by atoms with Crippen molar-refractivity contribution in [3.8, 4) is 0 Å². The fourth-order valence-electron chi connectivity index (χ4n) is 1.95. The van der Waals surface area contributed by atoms with Crippen molar-refractivity contribution in [1.82, 2.24) is 10.6 Å². The van der Waals surface area contributed by atoms with Crippen LogP contribution in [0.15, 0.2) is 0 Å². The lowest BCUT2D eigenvalue weighted by molar-refractivity contribution is -0.141. The van der Waals surface area contributed by atoms with E-state index in [0.29, 0.717) is 12.8 Å². The summed E-state index contributed by atoms with van der Waals surface area (Å²) in [5.74, 6) is -1.07. The summed E-state index contributed by atoms with van der Waals surface area (Å²) in [5.41, 5.74) is -0.227. The fraction of sp³-hybridized carbons (Fsp3) is 0.833. The molecule has 1 fully saturated rings. The van der Waals surface area contributed by atoms with Gasteiger partial charge in [0.15, 0.2) is 0 Å². The number of hydrogen-bond donors (Lipinski definition) is 3. The summed E-state index contributed by atoms with van der Waals surface area (Å²) in [5, 5.41) is 14.6. The van der Waals surface area contributed by atoms with Crippen molar-refractivity contribution < 1.29 is 14.7 Å². The van der Waals surface area contributed by atoms with Crippen LogP contribution in [0.5, 0.6) is 0 Å². The van der Waals surface area contributed by atoms with E-state index in [9.17, 15) is 9.59 Å². The van der Waals surface area contributed by atoms with Gasteiger partial charge in [0.2, 0.25) is 0 Å². The highest BCUT2D eigenvalue weighted by Crippen LogP contribution is 2.25. The minimum Gasteiger partial charge on any atom is -0.481 e. The Morgan fingerprint density at radius 2 is 2.00 bits per heavy atom. The minimum absolute atomic E-state index is 0.0104. The van der Waals surface area contributed by atoms with Crippen LogP contribution in [0.3, 0.4) is 0 Å². The van der Waals surface area contributed by atoms with Gasteiger partial charge >= 0.3 is 12.0 Å². The van der Waals surface area contributed by atoms with Crippen molar-refractivity contribution in [2.75, 3.05) is 0 Å². The highest BCUT2D eigenvalue weighted by Gasteiger charge is 2.31. The lowest BCUT2D eigenvalue weighted by atomic mass is 10.0. The van der Waals surface area contributed by atoms with E-state index in [1.165, 1.54) is 0 Å². The predicted octanol–water partition coefficient (Wildman–Crippen LogP) is 1.73. The van der Waals surface area contributed by atoms with E-state index in [0.717, 1.165) is 12.8 Å². The zero-order valence-electron chi connectivity index (χ0n) is 10.7. The van der Waals surface area contributed by atoms with E-state index in [1.807, 2.05) is 20.8 Å². The number of carboxylic acids is 1. The van der Waals surface area contributed by atoms with Gasteiger partial charge in [-0.2, -0.15) is 0 Å². The molecule has 3 N–H and O–H groups in total. The van der Waals surface area contributed by atoms with Crippen molar-refractivity contribution >= 4 is 12.0 Å². The Hall–Kier alpha value is -1.26. The van der Waals surface area contributed by atoms with Crippen LogP contribution in [-0.4, -0.2) is 28.7 Å². The van der Waals surface area contributed by atoms with Gasteiger partial charge in [0.25, 0.3) is 0 Å². The Morgan fingerprint density at radius 1 is 1.35 bits per heavy atom. The van der Waals surface area contributed by atoms with Crippen LogP contribution in [0.1, 0.15) is 46.5 Å². The molecule has 0 aromatic carbocycles. The molecular weight excluding hydrogens is 220 g/mol. The molecule has 2 amide bonds. The molecule has 2 atom stereocenters. The Labute approximate surface area is 102 Å². The van der Waals surface area contributed by atoms with Gasteiger partial charge in [-0.25, -0.2) is 4.79 Å². The second-order valence-electron chi connectivity index (χ2n) is 5.38. The molecule has 98 valence electrons. The summed E-state index contributed by atoms with van der Waals surface area (Å²) in [6, 6.07) is -0.211. The Kier molecular flexibility index (Phi) is 4.37. The van der Waals surface area contributed by atoms with Gasteiger partial charge in [-0.15, -0.1) is 0 Å². The number of aliphatic carboxylic acids is 1. The number of rotatable bonds is 4. The number of carbonyl (C=O) groups is 2. The highest BCUT2D eigenvalue weighted by molar-refractivity contribution is 5.75. The third-order valence-corrected chi connectivity index (χ3v) is 3.45. The molecule has 0 aromatic heterocycles. The number of urea groups is 1. The summed E-state index contributed by atoms with van der Waals surface area (Å²) in [7, 11) is 0. The number of amides is 2. The minimum atomic E-state index is -0.761. The second-order valence-corrected chi connectivity index (χ2v) is 5.38. The standard InChI is InChI=1S/C12H22N2O3/c1-4-12(2,3)14-11(17)13-9-6-5-8(7-9)10(15)16/h8-9H,4-7H2,1-3H3,(H,15,16)(H2,13,14,17). The maximum atomic E-state index is 11.7. The number of carboxylic acid groups (broad SMARTS) is 1. The van der Waals surface area contributed by atoms with Gasteiger partial charge in [-0.3, -0.25) is 4.79 Å². The maximum Gasteiger partial charge on any atom is 0.315 e. The molecule has 2 unspecified atom stereocenters. The lowest BCUT2D eigenvalue weighted by Gasteiger charge is -2.25. The lowest BCUT2D eigenvalue weighted by Crippen LogP contribution is -2.50. The number of hydrogen-bond acceptors (Lipinski definition) is 2. The molecule has 0 heterocycles. The first-order valence-corrected chi connectivity index (χ1v) is 6.15. The van der Waals surface area contributed by atoms with Crippen molar-refractivity contribution in [2.24, 2.45) is 5.92 Å². The third kappa shape index (κ3) is 4.24. The molecule has 0 aromatic rings. The average Bonchev–Trinajstić information content (AvgIpc) is 2.65. The van der Waals surface area contributed by atoms with E-state index >= 15 is 0 Å². The van der Waals surface area contributed by atoms with Gasteiger partial charge in [0, 0.05) is 11.6 Å². The molecule has 0 aliphatic heterocycles. The zero-order chi connectivity index (χ0) is 13.1. The van der Waals surface area contributed by atoms with Crippen LogP contribution in [0.2, 0.25) is 0 Å². The molecule has 1 aliphatic rings. The SMILES string of the molecule is CCC(C)(C)NC(=O)NC1CCC(C(=O)O)C1. The topological polar surface area (TPSA) is 78.4 Å². The van der Waals surface area contributed by atoms with E-state index in [4.69, 9.17) is 5.11 Å². The molecular formula is C12H22N2O3. The smallest absolute Gasteiger partial charge is 0.315 e. The Morgan fingerprint density at radius 3 is 2.47 bits per heavy atom. The zero-order valence-corrected chi connectivity index (χ0v) is 10.7. The van der Waals surface area contributed by atoms with Crippen LogP contribution in [0.25, 0.3) is 0 Å². The molecule has 5 heteroatoms. The molecule has 17 heavy (non-hydrogen) atoms. The number of carbonyl (C=O) groups excluding carboxylic acids is 1. The first-order chi connectivity index (χ1) is 7.84. The van der Waals surface area contributed by atoms with Crippen molar-refractivity contribution in [3.63, 3.8) is 0 Å². The first kappa shape index (κ1) is 13.8. The summed E-state index contributed by atoms with van der Waals surface area (Å²) in [6.07, 6.45) is 2.78. The Balaban J connectivity index is 2.36.